The van der Waals surface area contributed by atoms with Crippen LogP contribution in [0, 0.1) is 0 Å². The second kappa shape index (κ2) is 9.20. The van der Waals surface area contributed by atoms with Crippen LogP contribution in [-0.4, -0.2) is 31.8 Å². The van der Waals surface area contributed by atoms with Crippen molar-refractivity contribution in [3.63, 3.8) is 0 Å². The Morgan fingerprint density at radius 1 is 1.33 bits per heavy atom. The normalized spacial score (nSPS) is 10.7. The van der Waals surface area contributed by atoms with Gasteiger partial charge in [-0.2, -0.15) is 0 Å². The summed E-state index contributed by atoms with van der Waals surface area (Å²) in [6, 6.07) is 0. The highest BCUT2D eigenvalue weighted by atomic mass is 32.2. The quantitative estimate of drug-likeness (QED) is 0.676. The van der Waals surface area contributed by atoms with E-state index in [-0.39, 0.29) is 5.91 Å². The van der Waals surface area contributed by atoms with Crippen LogP contribution in [0.5, 0.6) is 0 Å². The summed E-state index contributed by atoms with van der Waals surface area (Å²) in [4.78, 5) is 16.2. The van der Waals surface area contributed by atoms with Gasteiger partial charge in [0.25, 0.3) is 5.91 Å². The molecule has 0 unspecified atom stereocenters. The summed E-state index contributed by atoms with van der Waals surface area (Å²) in [5.41, 5.74) is 6.84. The molecule has 1 rings (SSSR count). The minimum atomic E-state index is -0.0487. The number of thioether (sulfide) groups is 1. The first-order valence-corrected chi connectivity index (χ1v) is 9.64. The Bertz CT molecular complexity index is 460. The standard InChI is InChI=1S/C15H27N3OS2/c1-5-8-10-18(7-3)15-13(20-4)11(16)12(21-15)14(19)17-9-6-2/h5-10,16H2,1-4H3,(H,17,19). The van der Waals surface area contributed by atoms with Gasteiger partial charge in [-0.3, -0.25) is 4.79 Å². The van der Waals surface area contributed by atoms with E-state index in [1.54, 1.807) is 11.8 Å². The topological polar surface area (TPSA) is 58.4 Å². The van der Waals surface area contributed by atoms with E-state index in [4.69, 9.17) is 5.73 Å². The monoisotopic (exact) mass is 329 g/mol. The second-order valence-corrected chi connectivity index (χ2v) is 6.69. The number of rotatable bonds is 9. The number of nitrogen functional groups attached to an aromatic ring is 1. The van der Waals surface area contributed by atoms with Gasteiger partial charge in [0.15, 0.2) is 0 Å². The van der Waals surface area contributed by atoms with E-state index < -0.39 is 0 Å². The molecular weight excluding hydrogens is 302 g/mol. The third kappa shape index (κ3) is 4.54. The van der Waals surface area contributed by atoms with E-state index in [0.29, 0.717) is 17.1 Å². The van der Waals surface area contributed by atoms with Gasteiger partial charge < -0.3 is 16.0 Å². The van der Waals surface area contributed by atoms with E-state index >= 15 is 0 Å². The Morgan fingerprint density at radius 3 is 2.57 bits per heavy atom. The lowest BCUT2D eigenvalue weighted by Gasteiger charge is -2.22. The number of hydrogen-bond acceptors (Lipinski definition) is 5. The van der Waals surface area contributed by atoms with E-state index in [1.165, 1.54) is 11.3 Å². The predicted molar refractivity (Wildman–Crippen MR) is 95.9 cm³/mol. The molecule has 0 radical (unpaired) electrons. The number of anilines is 2. The van der Waals surface area contributed by atoms with Crippen molar-refractivity contribution in [1.82, 2.24) is 5.32 Å². The molecule has 0 aliphatic heterocycles. The smallest absolute Gasteiger partial charge is 0.263 e. The molecule has 0 aliphatic rings. The maximum atomic E-state index is 12.2. The third-order valence-corrected chi connectivity index (χ3v) is 5.49. The summed E-state index contributed by atoms with van der Waals surface area (Å²) < 4.78 is 0. The van der Waals surface area contributed by atoms with Crippen molar-refractivity contribution in [3.8, 4) is 0 Å². The predicted octanol–water partition coefficient (Wildman–Crippen LogP) is 3.82. The molecule has 1 amide bonds. The molecule has 1 heterocycles. The lowest BCUT2D eigenvalue weighted by atomic mass is 10.3. The highest BCUT2D eigenvalue weighted by molar-refractivity contribution is 7.99. The third-order valence-electron chi connectivity index (χ3n) is 3.28. The van der Waals surface area contributed by atoms with Gasteiger partial charge in [-0.05, 0) is 26.0 Å². The van der Waals surface area contributed by atoms with Crippen LogP contribution in [0.25, 0.3) is 0 Å². The maximum absolute atomic E-state index is 12.2. The largest absolute Gasteiger partial charge is 0.396 e. The fourth-order valence-electron chi connectivity index (χ4n) is 2.06. The summed E-state index contributed by atoms with van der Waals surface area (Å²) in [5.74, 6) is -0.0487. The molecule has 1 aromatic rings. The van der Waals surface area contributed by atoms with Crippen molar-refractivity contribution in [2.24, 2.45) is 0 Å². The zero-order valence-electron chi connectivity index (χ0n) is 13.5. The van der Waals surface area contributed by atoms with E-state index in [9.17, 15) is 4.79 Å². The Balaban J connectivity index is 3.06. The van der Waals surface area contributed by atoms with Crippen molar-refractivity contribution in [2.75, 3.05) is 36.5 Å². The molecule has 6 heteroatoms. The molecule has 3 N–H and O–H groups in total. The van der Waals surface area contributed by atoms with Crippen molar-refractivity contribution in [3.05, 3.63) is 4.88 Å². The minimum absolute atomic E-state index is 0.0487. The molecule has 0 spiro atoms. The molecule has 0 aliphatic carbocycles. The van der Waals surface area contributed by atoms with Crippen LogP contribution < -0.4 is 16.0 Å². The number of nitrogens with zero attached hydrogens (tertiary/aromatic N) is 1. The van der Waals surface area contributed by atoms with Crippen LogP contribution in [0.15, 0.2) is 4.90 Å². The average molecular weight is 330 g/mol. The Morgan fingerprint density at radius 2 is 2.05 bits per heavy atom. The molecule has 0 saturated carbocycles. The first-order valence-electron chi connectivity index (χ1n) is 7.59. The average Bonchev–Trinajstić information content (AvgIpc) is 2.82. The summed E-state index contributed by atoms with van der Waals surface area (Å²) in [7, 11) is 0. The number of hydrogen-bond donors (Lipinski definition) is 2. The van der Waals surface area contributed by atoms with Crippen LogP contribution in [-0.2, 0) is 0 Å². The zero-order chi connectivity index (χ0) is 15.8. The second-order valence-electron chi connectivity index (χ2n) is 4.87. The molecule has 4 nitrogen and oxygen atoms in total. The van der Waals surface area contributed by atoms with Gasteiger partial charge in [-0.1, -0.05) is 20.3 Å². The van der Waals surface area contributed by atoms with Gasteiger partial charge in [-0.15, -0.1) is 23.1 Å². The van der Waals surface area contributed by atoms with Crippen LogP contribution in [0.2, 0.25) is 0 Å². The molecule has 21 heavy (non-hydrogen) atoms. The molecule has 0 bridgehead atoms. The van der Waals surface area contributed by atoms with Crippen LogP contribution >= 0.6 is 23.1 Å². The number of amides is 1. The van der Waals surface area contributed by atoms with Crippen LogP contribution in [0.3, 0.4) is 0 Å². The number of nitrogens with one attached hydrogen (secondary N) is 1. The van der Waals surface area contributed by atoms with Gasteiger partial charge in [0.1, 0.15) is 9.88 Å². The SMILES string of the molecule is CCCCN(CC)c1sc(C(=O)NCCC)c(N)c1SC. The van der Waals surface area contributed by atoms with Crippen LogP contribution in [0.4, 0.5) is 10.7 Å². The lowest BCUT2D eigenvalue weighted by Crippen LogP contribution is -2.24. The molecule has 0 atom stereocenters. The fourth-order valence-corrected chi connectivity index (χ4v) is 4.25. The van der Waals surface area contributed by atoms with Gasteiger partial charge >= 0.3 is 0 Å². The van der Waals surface area contributed by atoms with E-state index in [1.807, 2.05) is 13.2 Å². The molecule has 1 aromatic heterocycles. The number of nitrogens with two attached hydrogens (primary N) is 1. The number of carbonyl (C=O) groups excluding carboxylic acids is 1. The first kappa shape index (κ1) is 18.2. The molecule has 0 aromatic carbocycles. The van der Waals surface area contributed by atoms with Crippen molar-refractivity contribution in [1.29, 1.82) is 0 Å². The maximum Gasteiger partial charge on any atom is 0.263 e. The van der Waals surface area contributed by atoms with Crippen LogP contribution in [0.1, 0.15) is 49.7 Å². The zero-order valence-corrected chi connectivity index (χ0v) is 15.1. The van der Waals surface area contributed by atoms with Gasteiger partial charge in [-0.25, -0.2) is 0 Å². The Kier molecular flexibility index (Phi) is 7.96. The van der Waals surface area contributed by atoms with E-state index in [2.05, 4.69) is 24.1 Å². The van der Waals surface area contributed by atoms with Crippen molar-refractivity contribution in [2.45, 2.75) is 44.9 Å². The van der Waals surface area contributed by atoms with Gasteiger partial charge in [0, 0.05) is 19.6 Å². The summed E-state index contributed by atoms with van der Waals surface area (Å²) in [6.45, 7) is 9.01. The van der Waals surface area contributed by atoms with Gasteiger partial charge in [0.05, 0.1) is 10.6 Å². The minimum Gasteiger partial charge on any atom is -0.396 e. The Hall–Kier alpha value is -0.880. The summed E-state index contributed by atoms with van der Waals surface area (Å²) in [6.07, 6.45) is 5.26. The summed E-state index contributed by atoms with van der Waals surface area (Å²) >= 11 is 3.15. The first-order chi connectivity index (χ1) is 10.1. The highest BCUT2D eigenvalue weighted by Gasteiger charge is 2.23. The fraction of sp³-hybridized carbons (Fsp3) is 0.667. The highest BCUT2D eigenvalue weighted by Crippen LogP contribution is 2.43. The lowest BCUT2D eigenvalue weighted by molar-refractivity contribution is 0.0958. The Labute approximate surface area is 136 Å². The van der Waals surface area contributed by atoms with Crippen molar-refractivity contribution < 1.29 is 4.79 Å². The molecular formula is C15H27N3OS2. The van der Waals surface area contributed by atoms with E-state index in [0.717, 1.165) is 42.2 Å². The summed E-state index contributed by atoms with van der Waals surface area (Å²) in [5, 5.41) is 4.05. The van der Waals surface area contributed by atoms with Crippen molar-refractivity contribution >= 4 is 39.7 Å². The molecule has 120 valence electrons. The van der Waals surface area contributed by atoms with Gasteiger partial charge in [0.2, 0.25) is 0 Å². The number of unbranched alkanes of at least 4 members (excludes halogenated alkanes) is 1. The molecule has 0 saturated heterocycles. The number of thiophene rings is 1. The number of carbonyl (C=O) groups is 1. The molecule has 0 fully saturated rings.